The van der Waals surface area contributed by atoms with Gasteiger partial charge in [0.2, 0.25) is 0 Å². The molecular formula is C19H17Cl2NO2S. The Morgan fingerprint density at radius 2 is 2.04 bits per heavy atom. The molecule has 3 nitrogen and oxygen atoms in total. The van der Waals surface area contributed by atoms with Crippen LogP contribution in [0.5, 0.6) is 5.75 Å². The molecule has 0 spiro atoms. The van der Waals surface area contributed by atoms with E-state index < -0.39 is 0 Å². The molecule has 0 aliphatic carbocycles. The molecule has 0 amide bonds. The predicted octanol–water partition coefficient (Wildman–Crippen LogP) is 5.81. The molecule has 0 bridgehead atoms. The Kier molecular flexibility index (Phi) is 5.94. The molecule has 25 heavy (non-hydrogen) atoms. The second kappa shape index (κ2) is 8.17. The minimum Gasteiger partial charge on any atom is -0.492 e. The zero-order valence-electron chi connectivity index (χ0n) is 13.7. The third kappa shape index (κ3) is 4.51. The van der Waals surface area contributed by atoms with E-state index in [-0.39, 0.29) is 5.78 Å². The van der Waals surface area contributed by atoms with Gasteiger partial charge in [0.15, 0.2) is 5.78 Å². The van der Waals surface area contributed by atoms with Crippen molar-refractivity contribution in [2.45, 2.75) is 17.7 Å². The van der Waals surface area contributed by atoms with E-state index in [1.807, 2.05) is 24.1 Å². The van der Waals surface area contributed by atoms with E-state index in [1.165, 1.54) is 4.90 Å². The lowest BCUT2D eigenvalue weighted by Gasteiger charge is -2.13. The number of fused-ring (bicyclic) bond motifs is 1. The smallest absolute Gasteiger partial charge is 0.158 e. The Morgan fingerprint density at radius 1 is 1.24 bits per heavy atom. The number of halogens is 2. The zero-order chi connectivity index (χ0) is 17.8. The second-order valence-corrected chi connectivity index (χ2v) is 7.51. The number of anilines is 1. The fourth-order valence-corrected chi connectivity index (χ4v) is 4.05. The number of benzene rings is 2. The molecule has 1 aliphatic heterocycles. The molecule has 1 aliphatic rings. The van der Waals surface area contributed by atoms with Crippen LogP contribution in [0.1, 0.15) is 12.8 Å². The maximum atomic E-state index is 12.2. The molecule has 0 N–H and O–H groups in total. The number of nitrogens with zero attached hydrogens (tertiary/aromatic N) is 1. The number of carbonyl (C=O) groups is 1. The molecule has 1 heterocycles. The number of thioether (sulfide) groups is 1. The maximum absolute atomic E-state index is 12.2. The van der Waals surface area contributed by atoms with E-state index in [0.29, 0.717) is 35.2 Å². The van der Waals surface area contributed by atoms with Gasteiger partial charge in [-0.1, -0.05) is 47.1 Å². The fourth-order valence-electron chi connectivity index (χ4n) is 2.48. The first kappa shape index (κ1) is 18.2. The lowest BCUT2D eigenvalue weighted by molar-refractivity contribution is -0.114. The van der Waals surface area contributed by atoms with Crippen LogP contribution in [-0.4, -0.2) is 19.4 Å². The Labute approximate surface area is 161 Å². The number of carbonyl (C=O) groups excluding carboxylic acids is 1. The van der Waals surface area contributed by atoms with Crippen LogP contribution >= 0.6 is 35.0 Å². The van der Waals surface area contributed by atoms with Crippen LogP contribution in [-0.2, 0) is 4.79 Å². The minimum atomic E-state index is 0.0907. The fraction of sp³-hybridized carbons (Fsp3) is 0.211. The molecule has 0 atom stereocenters. The standard InChI is InChI=1S/C19H17Cl2NO2S/c1-22-16-6-2-3-7-18(16)25-19(22)12-14(23)5-4-10-24-17-9-8-13(20)11-15(17)21/h2-3,6-9,11-12H,4-5,10H2,1H3. The molecule has 6 heteroatoms. The molecule has 2 aromatic rings. The average Bonchev–Trinajstić information content (AvgIpc) is 2.89. The minimum absolute atomic E-state index is 0.0907. The van der Waals surface area contributed by atoms with Crippen LogP contribution in [0, 0.1) is 0 Å². The van der Waals surface area contributed by atoms with Crippen LogP contribution in [0.4, 0.5) is 5.69 Å². The summed E-state index contributed by atoms with van der Waals surface area (Å²) in [5.41, 5.74) is 1.13. The largest absolute Gasteiger partial charge is 0.492 e. The van der Waals surface area contributed by atoms with Gasteiger partial charge in [-0.3, -0.25) is 4.79 Å². The van der Waals surface area contributed by atoms with Gasteiger partial charge >= 0.3 is 0 Å². The van der Waals surface area contributed by atoms with Gasteiger partial charge in [0.05, 0.1) is 22.3 Å². The van der Waals surface area contributed by atoms with Crippen molar-refractivity contribution in [1.82, 2.24) is 0 Å². The molecule has 0 saturated heterocycles. The average molecular weight is 394 g/mol. The van der Waals surface area contributed by atoms with E-state index in [1.54, 1.807) is 36.0 Å². The first-order valence-electron chi connectivity index (χ1n) is 7.87. The molecule has 0 fully saturated rings. The third-order valence-electron chi connectivity index (χ3n) is 3.78. The summed E-state index contributed by atoms with van der Waals surface area (Å²) < 4.78 is 5.60. The Balaban J connectivity index is 1.49. The molecule has 0 radical (unpaired) electrons. The number of hydrogen-bond donors (Lipinski definition) is 0. The topological polar surface area (TPSA) is 29.5 Å². The first-order chi connectivity index (χ1) is 12.0. The zero-order valence-corrected chi connectivity index (χ0v) is 16.0. The third-order valence-corrected chi connectivity index (χ3v) is 5.47. The van der Waals surface area contributed by atoms with Gasteiger partial charge < -0.3 is 9.64 Å². The van der Waals surface area contributed by atoms with E-state index in [2.05, 4.69) is 12.1 Å². The summed E-state index contributed by atoms with van der Waals surface area (Å²) in [6.45, 7) is 0.430. The van der Waals surface area contributed by atoms with Gasteiger partial charge in [0, 0.05) is 29.5 Å². The normalized spacial score (nSPS) is 14.7. The van der Waals surface area contributed by atoms with Crippen LogP contribution in [0.3, 0.4) is 0 Å². The van der Waals surface area contributed by atoms with Crippen LogP contribution < -0.4 is 9.64 Å². The molecule has 130 valence electrons. The molecule has 3 rings (SSSR count). The molecule has 0 saturated carbocycles. The maximum Gasteiger partial charge on any atom is 0.158 e. The summed E-state index contributed by atoms with van der Waals surface area (Å²) in [6, 6.07) is 13.2. The van der Waals surface area contributed by atoms with Crippen molar-refractivity contribution in [2.75, 3.05) is 18.6 Å². The summed E-state index contributed by atoms with van der Waals surface area (Å²) in [5.74, 6) is 0.673. The number of allylic oxidation sites excluding steroid dienone is 1. The summed E-state index contributed by atoms with van der Waals surface area (Å²) in [4.78, 5) is 15.4. The highest BCUT2D eigenvalue weighted by Crippen LogP contribution is 2.44. The van der Waals surface area contributed by atoms with E-state index in [4.69, 9.17) is 27.9 Å². The van der Waals surface area contributed by atoms with E-state index in [9.17, 15) is 4.79 Å². The van der Waals surface area contributed by atoms with Crippen molar-refractivity contribution in [3.63, 3.8) is 0 Å². The summed E-state index contributed by atoms with van der Waals surface area (Å²) in [5, 5.41) is 1.99. The molecule has 2 aromatic carbocycles. The van der Waals surface area contributed by atoms with Gasteiger partial charge in [0.25, 0.3) is 0 Å². The number of hydrogen-bond acceptors (Lipinski definition) is 4. The highest BCUT2D eigenvalue weighted by molar-refractivity contribution is 8.03. The first-order valence-corrected chi connectivity index (χ1v) is 9.45. The van der Waals surface area contributed by atoms with Crippen LogP contribution in [0.25, 0.3) is 0 Å². The van der Waals surface area contributed by atoms with Crippen LogP contribution in [0.15, 0.2) is 58.5 Å². The van der Waals surface area contributed by atoms with Gasteiger partial charge in [-0.15, -0.1) is 0 Å². The van der Waals surface area contributed by atoms with Gasteiger partial charge in [-0.25, -0.2) is 0 Å². The van der Waals surface area contributed by atoms with Crippen molar-refractivity contribution >= 4 is 46.4 Å². The van der Waals surface area contributed by atoms with Crippen molar-refractivity contribution in [3.8, 4) is 5.75 Å². The Hall–Kier alpha value is -1.62. The van der Waals surface area contributed by atoms with Crippen LogP contribution in [0.2, 0.25) is 10.0 Å². The number of rotatable bonds is 6. The van der Waals surface area contributed by atoms with Crippen molar-refractivity contribution in [3.05, 3.63) is 63.6 Å². The summed E-state index contributed by atoms with van der Waals surface area (Å²) in [7, 11) is 1.98. The molecular weight excluding hydrogens is 377 g/mol. The number of para-hydroxylation sites is 1. The highest BCUT2D eigenvalue weighted by atomic mass is 35.5. The van der Waals surface area contributed by atoms with Gasteiger partial charge in [-0.05, 0) is 36.8 Å². The Bertz CT molecular complexity index is 823. The predicted molar refractivity (Wildman–Crippen MR) is 105 cm³/mol. The number of ether oxygens (including phenoxy) is 1. The highest BCUT2D eigenvalue weighted by Gasteiger charge is 2.21. The quantitative estimate of drug-likeness (QED) is 0.457. The van der Waals surface area contributed by atoms with Crippen molar-refractivity contribution in [1.29, 1.82) is 0 Å². The molecule has 0 unspecified atom stereocenters. The van der Waals surface area contributed by atoms with Crippen molar-refractivity contribution in [2.24, 2.45) is 0 Å². The monoisotopic (exact) mass is 393 g/mol. The molecule has 0 aromatic heterocycles. The van der Waals surface area contributed by atoms with E-state index >= 15 is 0 Å². The number of ketones is 1. The lowest BCUT2D eigenvalue weighted by Crippen LogP contribution is -2.11. The van der Waals surface area contributed by atoms with Gasteiger partial charge in [0.1, 0.15) is 5.75 Å². The lowest BCUT2D eigenvalue weighted by atomic mass is 10.2. The second-order valence-electron chi connectivity index (χ2n) is 5.60. The summed E-state index contributed by atoms with van der Waals surface area (Å²) in [6.07, 6.45) is 2.77. The van der Waals surface area contributed by atoms with Crippen molar-refractivity contribution < 1.29 is 9.53 Å². The van der Waals surface area contributed by atoms with E-state index in [0.717, 1.165) is 10.7 Å². The van der Waals surface area contributed by atoms with Gasteiger partial charge in [-0.2, -0.15) is 0 Å². The summed E-state index contributed by atoms with van der Waals surface area (Å²) >= 11 is 13.5. The SMILES string of the molecule is CN1C(=CC(=O)CCCOc2ccc(Cl)cc2Cl)Sc2ccccc21. The Morgan fingerprint density at radius 3 is 2.80 bits per heavy atom.